The summed E-state index contributed by atoms with van der Waals surface area (Å²) >= 11 is 0. The van der Waals surface area contributed by atoms with Crippen molar-refractivity contribution in [2.45, 2.75) is 20.3 Å². The van der Waals surface area contributed by atoms with Gasteiger partial charge in [-0.15, -0.1) is 0 Å². The molecule has 106 valence electrons. The SMILES string of the molecule is CCc1nc(-c2cccc(OC)c2OC)c(C)c(=O)[nH]1. The van der Waals surface area contributed by atoms with Crippen LogP contribution in [-0.2, 0) is 6.42 Å². The molecule has 1 aromatic carbocycles. The summed E-state index contributed by atoms with van der Waals surface area (Å²) in [6.45, 7) is 3.69. The summed E-state index contributed by atoms with van der Waals surface area (Å²) in [5.74, 6) is 1.85. The van der Waals surface area contributed by atoms with E-state index in [1.54, 1.807) is 21.1 Å². The Morgan fingerprint density at radius 3 is 2.60 bits per heavy atom. The fraction of sp³-hybridized carbons (Fsp3) is 0.333. The van der Waals surface area contributed by atoms with Gasteiger partial charge in [0.05, 0.1) is 19.9 Å². The lowest BCUT2D eigenvalue weighted by molar-refractivity contribution is 0.356. The van der Waals surface area contributed by atoms with Gasteiger partial charge >= 0.3 is 0 Å². The van der Waals surface area contributed by atoms with E-state index >= 15 is 0 Å². The Bertz CT molecular complexity index is 677. The average molecular weight is 274 g/mol. The number of rotatable bonds is 4. The van der Waals surface area contributed by atoms with Gasteiger partial charge in [-0.3, -0.25) is 4.79 Å². The molecule has 0 unspecified atom stereocenters. The molecule has 1 N–H and O–H groups in total. The molecule has 2 aromatic rings. The lowest BCUT2D eigenvalue weighted by Gasteiger charge is -2.13. The van der Waals surface area contributed by atoms with Gasteiger partial charge in [0, 0.05) is 17.5 Å². The summed E-state index contributed by atoms with van der Waals surface area (Å²) in [4.78, 5) is 19.3. The number of methoxy groups -OCH3 is 2. The Kier molecular flexibility index (Phi) is 4.08. The Labute approximate surface area is 117 Å². The van der Waals surface area contributed by atoms with Gasteiger partial charge in [0.15, 0.2) is 11.5 Å². The van der Waals surface area contributed by atoms with Crippen molar-refractivity contribution in [3.05, 3.63) is 39.9 Å². The average Bonchev–Trinajstić information content (AvgIpc) is 2.48. The summed E-state index contributed by atoms with van der Waals surface area (Å²) in [6, 6.07) is 5.53. The highest BCUT2D eigenvalue weighted by molar-refractivity contribution is 5.73. The first-order chi connectivity index (χ1) is 9.62. The minimum Gasteiger partial charge on any atom is -0.493 e. The van der Waals surface area contributed by atoms with E-state index in [1.807, 2.05) is 25.1 Å². The van der Waals surface area contributed by atoms with E-state index in [4.69, 9.17) is 9.47 Å². The second-order valence-corrected chi connectivity index (χ2v) is 4.38. The molecule has 0 saturated heterocycles. The Balaban J connectivity index is 2.74. The number of hydrogen-bond donors (Lipinski definition) is 1. The van der Waals surface area contributed by atoms with Gasteiger partial charge in [-0.2, -0.15) is 0 Å². The summed E-state index contributed by atoms with van der Waals surface area (Å²) in [5.41, 5.74) is 1.82. The molecule has 0 aliphatic heterocycles. The van der Waals surface area contributed by atoms with Crippen LogP contribution in [0.4, 0.5) is 0 Å². The second-order valence-electron chi connectivity index (χ2n) is 4.38. The molecular weight excluding hydrogens is 256 g/mol. The quantitative estimate of drug-likeness (QED) is 0.929. The molecule has 1 aromatic heterocycles. The van der Waals surface area contributed by atoms with E-state index in [9.17, 15) is 4.79 Å². The number of hydrogen-bond acceptors (Lipinski definition) is 4. The molecule has 5 heteroatoms. The second kappa shape index (κ2) is 5.77. The fourth-order valence-corrected chi connectivity index (χ4v) is 2.08. The standard InChI is InChI=1S/C15H18N2O3/c1-5-12-16-13(9(2)15(18)17-12)10-7-6-8-11(19-3)14(10)20-4/h6-8H,5H2,1-4H3,(H,16,17,18). The van der Waals surface area contributed by atoms with Crippen LogP contribution < -0.4 is 15.0 Å². The molecule has 0 bridgehead atoms. The van der Waals surface area contributed by atoms with Gasteiger partial charge in [-0.25, -0.2) is 4.98 Å². The van der Waals surface area contributed by atoms with Crippen LogP contribution in [-0.4, -0.2) is 24.2 Å². The van der Waals surface area contributed by atoms with Crippen LogP contribution in [0.5, 0.6) is 11.5 Å². The maximum atomic E-state index is 12.0. The molecular formula is C15H18N2O3. The molecule has 0 spiro atoms. The normalized spacial score (nSPS) is 10.4. The van der Waals surface area contributed by atoms with Crippen LogP contribution in [0, 0.1) is 6.92 Å². The molecule has 5 nitrogen and oxygen atoms in total. The van der Waals surface area contributed by atoms with E-state index < -0.39 is 0 Å². The molecule has 0 aliphatic rings. The van der Waals surface area contributed by atoms with Crippen molar-refractivity contribution in [1.82, 2.24) is 9.97 Å². The molecule has 0 atom stereocenters. The zero-order chi connectivity index (χ0) is 14.7. The highest BCUT2D eigenvalue weighted by atomic mass is 16.5. The number of nitrogens with zero attached hydrogens (tertiary/aromatic N) is 1. The van der Waals surface area contributed by atoms with Crippen molar-refractivity contribution < 1.29 is 9.47 Å². The van der Waals surface area contributed by atoms with E-state index in [-0.39, 0.29) is 5.56 Å². The topological polar surface area (TPSA) is 64.2 Å². The number of H-pyrrole nitrogens is 1. The van der Waals surface area contributed by atoms with Crippen molar-refractivity contribution in [1.29, 1.82) is 0 Å². The third-order valence-corrected chi connectivity index (χ3v) is 3.19. The molecule has 0 aliphatic carbocycles. The molecule has 0 amide bonds. The van der Waals surface area contributed by atoms with Crippen LogP contribution in [0.1, 0.15) is 18.3 Å². The molecule has 2 rings (SSSR count). The first kappa shape index (κ1) is 14.1. The highest BCUT2D eigenvalue weighted by Gasteiger charge is 2.16. The van der Waals surface area contributed by atoms with Gasteiger partial charge in [0.25, 0.3) is 5.56 Å². The number of benzene rings is 1. The minimum absolute atomic E-state index is 0.128. The molecule has 0 saturated carbocycles. The lowest BCUT2D eigenvalue weighted by atomic mass is 10.1. The van der Waals surface area contributed by atoms with Crippen molar-refractivity contribution in [2.24, 2.45) is 0 Å². The van der Waals surface area contributed by atoms with Crippen molar-refractivity contribution in [3.63, 3.8) is 0 Å². The predicted molar refractivity (Wildman–Crippen MR) is 77.5 cm³/mol. The molecule has 0 fully saturated rings. The Hall–Kier alpha value is -2.30. The third kappa shape index (κ3) is 2.39. The third-order valence-electron chi connectivity index (χ3n) is 3.19. The van der Waals surface area contributed by atoms with E-state index in [2.05, 4.69) is 9.97 Å². The van der Waals surface area contributed by atoms with Crippen LogP contribution in [0.2, 0.25) is 0 Å². The predicted octanol–water partition coefficient (Wildman–Crippen LogP) is 2.32. The monoisotopic (exact) mass is 274 g/mol. The van der Waals surface area contributed by atoms with Crippen molar-refractivity contribution in [3.8, 4) is 22.8 Å². The van der Waals surface area contributed by atoms with Gasteiger partial charge in [0.1, 0.15) is 5.82 Å². The minimum atomic E-state index is -0.128. The van der Waals surface area contributed by atoms with Crippen LogP contribution in [0.15, 0.2) is 23.0 Å². The van der Waals surface area contributed by atoms with Gasteiger partial charge in [-0.1, -0.05) is 13.0 Å². The Morgan fingerprint density at radius 1 is 1.25 bits per heavy atom. The van der Waals surface area contributed by atoms with Gasteiger partial charge in [0.2, 0.25) is 0 Å². The number of nitrogens with one attached hydrogen (secondary N) is 1. The van der Waals surface area contributed by atoms with Crippen molar-refractivity contribution in [2.75, 3.05) is 14.2 Å². The van der Waals surface area contributed by atoms with Crippen LogP contribution in [0.25, 0.3) is 11.3 Å². The summed E-state index contributed by atoms with van der Waals surface area (Å²) in [7, 11) is 3.15. The zero-order valence-electron chi connectivity index (χ0n) is 12.1. The zero-order valence-corrected chi connectivity index (χ0v) is 12.1. The number of ether oxygens (including phenoxy) is 2. The molecule has 20 heavy (non-hydrogen) atoms. The number of para-hydroxylation sites is 1. The summed E-state index contributed by atoms with van der Waals surface area (Å²) < 4.78 is 10.7. The first-order valence-electron chi connectivity index (χ1n) is 6.43. The first-order valence-corrected chi connectivity index (χ1v) is 6.43. The van der Waals surface area contributed by atoms with Crippen molar-refractivity contribution >= 4 is 0 Å². The smallest absolute Gasteiger partial charge is 0.254 e. The van der Waals surface area contributed by atoms with E-state index in [1.165, 1.54) is 0 Å². The maximum Gasteiger partial charge on any atom is 0.254 e. The highest BCUT2D eigenvalue weighted by Crippen LogP contribution is 2.37. The van der Waals surface area contributed by atoms with E-state index in [0.717, 1.165) is 5.56 Å². The Morgan fingerprint density at radius 2 is 2.00 bits per heavy atom. The lowest BCUT2D eigenvalue weighted by Crippen LogP contribution is -2.16. The fourth-order valence-electron chi connectivity index (χ4n) is 2.08. The number of aryl methyl sites for hydroxylation is 1. The molecule has 1 heterocycles. The summed E-state index contributed by atoms with van der Waals surface area (Å²) in [6.07, 6.45) is 0.662. The van der Waals surface area contributed by atoms with Crippen LogP contribution >= 0.6 is 0 Å². The number of aromatic amines is 1. The van der Waals surface area contributed by atoms with Gasteiger partial charge in [-0.05, 0) is 19.1 Å². The van der Waals surface area contributed by atoms with Crippen LogP contribution in [0.3, 0.4) is 0 Å². The molecule has 0 radical (unpaired) electrons. The summed E-state index contributed by atoms with van der Waals surface area (Å²) in [5, 5.41) is 0. The largest absolute Gasteiger partial charge is 0.493 e. The number of aromatic nitrogens is 2. The maximum absolute atomic E-state index is 12.0. The van der Waals surface area contributed by atoms with Gasteiger partial charge < -0.3 is 14.5 Å². The van der Waals surface area contributed by atoms with E-state index in [0.29, 0.717) is 35.0 Å².